The van der Waals surface area contributed by atoms with E-state index in [4.69, 9.17) is 0 Å². The summed E-state index contributed by atoms with van der Waals surface area (Å²) in [5, 5.41) is 5.61. The van der Waals surface area contributed by atoms with Gasteiger partial charge >= 0.3 is 0 Å². The molecule has 1 aliphatic heterocycles. The summed E-state index contributed by atoms with van der Waals surface area (Å²) >= 11 is 0. The van der Waals surface area contributed by atoms with Crippen LogP contribution in [0.4, 0.5) is 10.1 Å². The van der Waals surface area contributed by atoms with Crippen LogP contribution in [0.5, 0.6) is 0 Å². The molecular formula is C18H25FN2O2. The van der Waals surface area contributed by atoms with Crippen LogP contribution in [-0.4, -0.2) is 17.9 Å². The highest BCUT2D eigenvalue weighted by atomic mass is 19.1. The van der Waals surface area contributed by atoms with Gasteiger partial charge in [0.05, 0.1) is 5.92 Å². The van der Waals surface area contributed by atoms with E-state index < -0.39 is 11.7 Å². The van der Waals surface area contributed by atoms with Crippen LogP contribution in [0.1, 0.15) is 57.9 Å². The van der Waals surface area contributed by atoms with E-state index >= 15 is 0 Å². The van der Waals surface area contributed by atoms with Crippen LogP contribution in [0, 0.1) is 11.7 Å². The van der Waals surface area contributed by atoms with Gasteiger partial charge in [-0.3, -0.25) is 9.59 Å². The minimum Gasteiger partial charge on any atom is -0.353 e. The Hall–Kier alpha value is -1.91. The highest BCUT2D eigenvalue weighted by Gasteiger charge is 2.31. The van der Waals surface area contributed by atoms with Crippen LogP contribution in [-0.2, 0) is 9.59 Å². The Kier molecular flexibility index (Phi) is 5.74. The Bertz CT molecular complexity index is 586. The second-order valence-electron chi connectivity index (χ2n) is 6.77. The van der Waals surface area contributed by atoms with Gasteiger partial charge in [0.15, 0.2) is 0 Å². The average molecular weight is 320 g/mol. The molecule has 0 radical (unpaired) electrons. The van der Waals surface area contributed by atoms with E-state index in [9.17, 15) is 14.0 Å². The zero-order chi connectivity index (χ0) is 17.0. The van der Waals surface area contributed by atoms with E-state index in [1.54, 1.807) is 6.07 Å². The Labute approximate surface area is 136 Å². The molecule has 2 N–H and O–H groups in total. The lowest BCUT2D eigenvalue weighted by Crippen LogP contribution is -2.39. The summed E-state index contributed by atoms with van der Waals surface area (Å²) in [5.74, 6) is -0.735. The predicted molar refractivity (Wildman–Crippen MR) is 88.7 cm³/mol. The summed E-state index contributed by atoms with van der Waals surface area (Å²) in [4.78, 5) is 24.3. The van der Waals surface area contributed by atoms with Gasteiger partial charge in [0.2, 0.25) is 11.8 Å². The first-order chi connectivity index (χ1) is 10.9. The first-order valence-corrected chi connectivity index (χ1v) is 8.26. The van der Waals surface area contributed by atoms with Crippen LogP contribution in [0.15, 0.2) is 18.2 Å². The maximum absolute atomic E-state index is 13.3. The minimum atomic E-state index is -0.549. The molecule has 1 aliphatic rings. The number of rotatable bonds is 6. The molecule has 0 unspecified atom stereocenters. The first kappa shape index (κ1) is 17.4. The van der Waals surface area contributed by atoms with Crippen molar-refractivity contribution in [1.29, 1.82) is 0 Å². The summed E-state index contributed by atoms with van der Waals surface area (Å²) in [6.07, 6.45) is 3.21. The maximum Gasteiger partial charge on any atom is 0.228 e. The first-order valence-electron chi connectivity index (χ1n) is 8.26. The Morgan fingerprint density at radius 1 is 1.35 bits per heavy atom. The van der Waals surface area contributed by atoms with Crippen LogP contribution >= 0.6 is 0 Å². The molecule has 1 aromatic carbocycles. The van der Waals surface area contributed by atoms with E-state index in [0.717, 1.165) is 19.3 Å². The second-order valence-corrected chi connectivity index (χ2v) is 6.77. The number of nitrogens with one attached hydrogen (secondary N) is 2. The molecule has 2 amide bonds. The van der Waals surface area contributed by atoms with E-state index in [2.05, 4.69) is 24.5 Å². The van der Waals surface area contributed by atoms with Crippen LogP contribution in [0.2, 0.25) is 0 Å². The fourth-order valence-electron chi connectivity index (χ4n) is 2.92. The number of carbonyl (C=O) groups is 2. The molecule has 126 valence electrons. The number of hydrogen-bond acceptors (Lipinski definition) is 2. The van der Waals surface area contributed by atoms with E-state index in [1.807, 2.05) is 6.92 Å². The highest BCUT2D eigenvalue weighted by Crippen LogP contribution is 2.33. The van der Waals surface area contributed by atoms with Crippen molar-refractivity contribution in [2.45, 2.75) is 58.4 Å². The molecule has 0 aliphatic carbocycles. The quantitative estimate of drug-likeness (QED) is 0.841. The lowest BCUT2D eigenvalue weighted by Gasteiger charge is -2.26. The Morgan fingerprint density at radius 2 is 2.09 bits per heavy atom. The van der Waals surface area contributed by atoms with Gasteiger partial charge in [-0.1, -0.05) is 32.8 Å². The lowest BCUT2D eigenvalue weighted by molar-refractivity contribution is -0.126. The molecule has 0 saturated heterocycles. The van der Waals surface area contributed by atoms with E-state index in [1.165, 1.54) is 12.1 Å². The predicted octanol–water partition coefficient (Wildman–Crippen LogP) is 3.58. The normalized spacial score (nSPS) is 18.3. The molecule has 1 aromatic rings. The highest BCUT2D eigenvalue weighted by molar-refractivity contribution is 6.01. The molecule has 0 bridgehead atoms. The molecular weight excluding hydrogens is 295 g/mol. The minimum absolute atomic E-state index is 0.0649. The van der Waals surface area contributed by atoms with Gasteiger partial charge in [-0.15, -0.1) is 0 Å². The fraction of sp³-hybridized carbons (Fsp3) is 0.556. The van der Waals surface area contributed by atoms with Crippen molar-refractivity contribution in [3.63, 3.8) is 0 Å². The lowest BCUT2D eigenvalue weighted by atomic mass is 9.89. The number of carbonyl (C=O) groups excluding carboxylic acids is 2. The van der Waals surface area contributed by atoms with Gasteiger partial charge in [0.25, 0.3) is 0 Å². The third-order valence-corrected chi connectivity index (χ3v) is 4.18. The van der Waals surface area contributed by atoms with Gasteiger partial charge in [0.1, 0.15) is 5.82 Å². The summed E-state index contributed by atoms with van der Waals surface area (Å²) < 4.78 is 13.3. The van der Waals surface area contributed by atoms with Crippen molar-refractivity contribution in [2.24, 2.45) is 5.92 Å². The van der Waals surface area contributed by atoms with Gasteiger partial charge in [-0.25, -0.2) is 4.39 Å². The van der Waals surface area contributed by atoms with Crippen LogP contribution < -0.4 is 10.6 Å². The molecule has 5 heteroatoms. The zero-order valence-electron chi connectivity index (χ0n) is 14.0. The SMILES string of the molecule is CC(C)CCC[C@@H](C)NC(=O)[C@H]1CC(=O)Nc2cc(F)ccc21. The average Bonchev–Trinajstić information content (AvgIpc) is 2.45. The third-order valence-electron chi connectivity index (χ3n) is 4.18. The van der Waals surface area contributed by atoms with Crippen molar-refractivity contribution in [1.82, 2.24) is 5.32 Å². The largest absolute Gasteiger partial charge is 0.353 e. The standard InChI is InChI=1S/C18H25FN2O2/c1-11(2)5-4-6-12(3)20-18(23)15-10-17(22)21-16-9-13(19)7-8-14(15)16/h7-9,11-12,15H,4-6,10H2,1-3H3,(H,20,23)(H,21,22)/t12-,15+/m1/s1. The summed E-state index contributed by atoms with van der Waals surface area (Å²) in [5.41, 5.74) is 1.08. The Balaban J connectivity index is 2.01. The smallest absolute Gasteiger partial charge is 0.228 e. The number of anilines is 1. The molecule has 2 rings (SSSR count). The third kappa shape index (κ3) is 4.78. The van der Waals surface area contributed by atoms with Crippen LogP contribution in [0.25, 0.3) is 0 Å². The van der Waals surface area contributed by atoms with Crippen molar-refractivity contribution in [3.05, 3.63) is 29.6 Å². The van der Waals surface area contributed by atoms with E-state index in [0.29, 0.717) is 17.2 Å². The van der Waals surface area contributed by atoms with Gasteiger partial charge in [-0.05, 0) is 37.0 Å². The molecule has 0 spiro atoms. The summed E-state index contributed by atoms with van der Waals surface area (Å²) in [6, 6.07) is 4.23. The maximum atomic E-state index is 13.3. The van der Waals surface area contributed by atoms with Crippen molar-refractivity contribution in [2.75, 3.05) is 5.32 Å². The fourth-order valence-corrected chi connectivity index (χ4v) is 2.92. The van der Waals surface area contributed by atoms with Gasteiger partial charge < -0.3 is 10.6 Å². The second kappa shape index (κ2) is 7.57. The molecule has 1 heterocycles. The Morgan fingerprint density at radius 3 is 2.78 bits per heavy atom. The number of benzene rings is 1. The molecule has 2 atom stereocenters. The zero-order valence-corrected chi connectivity index (χ0v) is 14.0. The van der Waals surface area contributed by atoms with Gasteiger partial charge in [-0.2, -0.15) is 0 Å². The van der Waals surface area contributed by atoms with E-state index in [-0.39, 0.29) is 24.3 Å². The summed E-state index contributed by atoms with van der Waals surface area (Å²) in [6.45, 7) is 6.34. The molecule has 23 heavy (non-hydrogen) atoms. The number of halogens is 1. The number of hydrogen-bond donors (Lipinski definition) is 2. The molecule has 4 nitrogen and oxygen atoms in total. The van der Waals surface area contributed by atoms with Crippen molar-refractivity contribution >= 4 is 17.5 Å². The molecule has 0 saturated carbocycles. The number of amides is 2. The monoisotopic (exact) mass is 320 g/mol. The van der Waals surface area contributed by atoms with Crippen molar-refractivity contribution in [3.8, 4) is 0 Å². The van der Waals surface area contributed by atoms with Crippen molar-refractivity contribution < 1.29 is 14.0 Å². The molecule has 0 aromatic heterocycles. The topological polar surface area (TPSA) is 58.2 Å². The summed E-state index contributed by atoms with van der Waals surface area (Å²) in [7, 11) is 0. The number of fused-ring (bicyclic) bond motifs is 1. The molecule has 0 fully saturated rings. The van der Waals surface area contributed by atoms with Crippen LogP contribution in [0.3, 0.4) is 0 Å². The van der Waals surface area contributed by atoms with Gasteiger partial charge in [0, 0.05) is 18.2 Å².